The van der Waals surface area contributed by atoms with Crippen LogP contribution in [-0.2, 0) is 4.79 Å². The number of carbonyl (C=O) groups excluding carboxylic acids is 1. The van der Waals surface area contributed by atoms with Crippen molar-refractivity contribution in [3.63, 3.8) is 0 Å². The van der Waals surface area contributed by atoms with Gasteiger partial charge in [-0.05, 0) is 29.9 Å². The number of aliphatic hydroxyl groups is 1. The molecule has 0 saturated carbocycles. The van der Waals surface area contributed by atoms with Crippen molar-refractivity contribution in [3.05, 3.63) is 35.4 Å². The van der Waals surface area contributed by atoms with Crippen LogP contribution < -0.4 is 10.6 Å². The number of piperidine rings is 1. The Morgan fingerprint density at radius 3 is 2.55 bits per heavy atom. The first kappa shape index (κ1) is 15.0. The summed E-state index contributed by atoms with van der Waals surface area (Å²) < 4.78 is 0. The smallest absolute Gasteiger partial charge is 0.237 e. The average molecular weight is 276 g/mol. The third-order valence-corrected chi connectivity index (χ3v) is 3.83. The van der Waals surface area contributed by atoms with Crippen molar-refractivity contribution in [2.45, 2.75) is 44.8 Å². The molecule has 0 aromatic heterocycles. The molecule has 1 aromatic rings. The lowest BCUT2D eigenvalue weighted by Gasteiger charge is -2.24. The van der Waals surface area contributed by atoms with Gasteiger partial charge in [0.1, 0.15) is 0 Å². The molecule has 2 rings (SSSR count). The fourth-order valence-electron chi connectivity index (χ4n) is 2.44. The molecule has 3 N–H and O–H groups in total. The third-order valence-electron chi connectivity index (χ3n) is 3.83. The predicted molar refractivity (Wildman–Crippen MR) is 79.5 cm³/mol. The topological polar surface area (TPSA) is 61.4 Å². The van der Waals surface area contributed by atoms with E-state index in [1.54, 1.807) is 0 Å². The van der Waals surface area contributed by atoms with Gasteiger partial charge in [0.25, 0.3) is 0 Å². The van der Waals surface area contributed by atoms with Gasteiger partial charge in [0.05, 0.1) is 12.1 Å². The van der Waals surface area contributed by atoms with Gasteiger partial charge in [-0.3, -0.25) is 4.79 Å². The van der Waals surface area contributed by atoms with E-state index in [1.165, 1.54) is 5.56 Å². The van der Waals surface area contributed by atoms with Crippen molar-refractivity contribution in [2.75, 3.05) is 13.1 Å². The van der Waals surface area contributed by atoms with Crippen LogP contribution in [0.3, 0.4) is 0 Å². The Morgan fingerprint density at radius 1 is 1.30 bits per heavy atom. The van der Waals surface area contributed by atoms with Crippen LogP contribution in [0.15, 0.2) is 24.3 Å². The molecule has 0 bridgehead atoms. The largest absolute Gasteiger partial charge is 0.387 e. The van der Waals surface area contributed by atoms with Crippen LogP contribution in [0.2, 0.25) is 0 Å². The summed E-state index contributed by atoms with van der Waals surface area (Å²) in [7, 11) is 0. The molecule has 2 unspecified atom stereocenters. The van der Waals surface area contributed by atoms with Crippen LogP contribution in [0.4, 0.5) is 0 Å². The van der Waals surface area contributed by atoms with Crippen molar-refractivity contribution in [3.8, 4) is 0 Å². The van der Waals surface area contributed by atoms with Crippen LogP contribution in [0, 0.1) is 0 Å². The lowest BCUT2D eigenvalue weighted by atomic mass is 9.99. The summed E-state index contributed by atoms with van der Waals surface area (Å²) >= 11 is 0. The number of amides is 1. The van der Waals surface area contributed by atoms with Gasteiger partial charge in [-0.2, -0.15) is 0 Å². The van der Waals surface area contributed by atoms with Crippen LogP contribution in [0.1, 0.15) is 49.8 Å². The van der Waals surface area contributed by atoms with Gasteiger partial charge in [-0.25, -0.2) is 0 Å². The maximum atomic E-state index is 11.6. The minimum absolute atomic E-state index is 0.0404. The Labute approximate surface area is 120 Å². The molecule has 110 valence electrons. The second-order valence-corrected chi connectivity index (χ2v) is 5.73. The molecule has 1 heterocycles. The van der Waals surface area contributed by atoms with Gasteiger partial charge in [-0.1, -0.05) is 38.1 Å². The first-order chi connectivity index (χ1) is 9.58. The van der Waals surface area contributed by atoms with Crippen molar-refractivity contribution in [1.29, 1.82) is 0 Å². The minimum Gasteiger partial charge on any atom is -0.387 e. The molecule has 2 atom stereocenters. The predicted octanol–water partition coefficient (Wildman–Crippen LogP) is 1.71. The SMILES string of the molecule is CC(C)c1ccc(C(O)CNC2CCCNC2=O)cc1. The van der Waals surface area contributed by atoms with Crippen LogP contribution in [0.5, 0.6) is 0 Å². The minimum atomic E-state index is -0.578. The van der Waals surface area contributed by atoms with Crippen molar-refractivity contribution in [1.82, 2.24) is 10.6 Å². The van der Waals surface area contributed by atoms with E-state index in [4.69, 9.17) is 0 Å². The highest BCUT2D eigenvalue weighted by Gasteiger charge is 2.22. The van der Waals surface area contributed by atoms with E-state index in [9.17, 15) is 9.90 Å². The van der Waals surface area contributed by atoms with Crippen LogP contribution in [0.25, 0.3) is 0 Å². The van der Waals surface area contributed by atoms with Crippen molar-refractivity contribution in [2.24, 2.45) is 0 Å². The molecule has 20 heavy (non-hydrogen) atoms. The Morgan fingerprint density at radius 2 is 1.95 bits per heavy atom. The normalized spacial score (nSPS) is 20.8. The highest BCUT2D eigenvalue weighted by molar-refractivity contribution is 5.82. The first-order valence-corrected chi connectivity index (χ1v) is 7.37. The highest BCUT2D eigenvalue weighted by Crippen LogP contribution is 2.18. The second-order valence-electron chi connectivity index (χ2n) is 5.73. The number of hydrogen-bond acceptors (Lipinski definition) is 3. The number of aliphatic hydroxyl groups excluding tert-OH is 1. The van der Waals surface area contributed by atoms with Gasteiger partial charge in [-0.15, -0.1) is 0 Å². The standard InChI is InChI=1S/C16H24N2O2/c1-11(2)12-5-7-13(8-6-12)15(19)10-18-14-4-3-9-17-16(14)20/h5-8,11,14-15,18-19H,3-4,9-10H2,1-2H3,(H,17,20). The molecule has 1 aromatic carbocycles. The molecule has 1 amide bonds. The Hall–Kier alpha value is -1.39. The third kappa shape index (κ3) is 3.81. The average Bonchev–Trinajstić information content (AvgIpc) is 2.46. The summed E-state index contributed by atoms with van der Waals surface area (Å²) in [6, 6.07) is 7.85. The zero-order chi connectivity index (χ0) is 14.5. The van der Waals surface area contributed by atoms with Crippen molar-refractivity contribution < 1.29 is 9.90 Å². The van der Waals surface area contributed by atoms with E-state index >= 15 is 0 Å². The Balaban J connectivity index is 1.87. The molecule has 0 radical (unpaired) electrons. The molecule has 4 heteroatoms. The molecule has 0 aliphatic carbocycles. The van der Waals surface area contributed by atoms with Gasteiger partial charge >= 0.3 is 0 Å². The first-order valence-electron chi connectivity index (χ1n) is 7.37. The maximum Gasteiger partial charge on any atom is 0.237 e. The highest BCUT2D eigenvalue weighted by atomic mass is 16.3. The molecule has 1 aliphatic heterocycles. The number of benzene rings is 1. The summed E-state index contributed by atoms with van der Waals surface area (Å²) in [4.78, 5) is 11.6. The zero-order valence-electron chi connectivity index (χ0n) is 12.2. The molecule has 0 spiro atoms. The lowest BCUT2D eigenvalue weighted by Crippen LogP contribution is -2.49. The molecular formula is C16H24N2O2. The fraction of sp³-hybridized carbons (Fsp3) is 0.562. The van der Waals surface area contributed by atoms with E-state index in [2.05, 4.69) is 36.6 Å². The van der Waals surface area contributed by atoms with Crippen LogP contribution in [-0.4, -0.2) is 30.1 Å². The number of rotatable bonds is 5. The number of nitrogens with one attached hydrogen (secondary N) is 2. The van der Waals surface area contributed by atoms with Gasteiger partial charge < -0.3 is 15.7 Å². The Kier molecular flexibility index (Phi) is 5.15. The quantitative estimate of drug-likeness (QED) is 0.767. The fourth-order valence-corrected chi connectivity index (χ4v) is 2.44. The molecule has 1 aliphatic rings. The Bertz CT molecular complexity index is 442. The lowest BCUT2D eigenvalue weighted by molar-refractivity contribution is -0.124. The van der Waals surface area contributed by atoms with Crippen LogP contribution >= 0.6 is 0 Å². The van der Waals surface area contributed by atoms with E-state index < -0.39 is 6.10 Å². The zero-order valence-corrected chi connectivity index (χ0v) is 12.2. The summed E-state index contributed by atoms with van der Waals surface area (Å²) in [5.74, 6) is 0.531. The molecule has 1 fully saturated rings. The monoisotopic (exact) mass is 276 g/mol. The van der Waals surface area contributed by atoms with Gasteiger partial charge in [0, 0.05) is 13.1 Å². The summed E-state index contributed by atoms with van der Waals surface area (Å²) in [6.07, 6.45) is 1.25. The summed E-state index contributed by atoms with van der Waals surface area (Å²) in [5, 5.41) is 16.2. The number of hydrogen-bond donors (Lipinski definition) is 3. The maximum absolute atomic E-state index is 11.6. The van der Waals surface area contributed by atoms with Gasteiger partial charge in [0.2, 0.25) is 5.91 Å². The summed E-state index contributed by atoms with van der Waals surface area (Å²) in [5.41, 5.74) is 2.15. The molecular weight excluding hydrogens is 252 g/mol. The van der Waals surface area contributed by atoms with Gasteiger partial charge in [0.15, 0.2) is 0 Å². The van der Waals surface area contributed by atoms with Crippen molar-refractivity contribution >= 4 is 5.91 Å². The van der Waals surface area contributed by atoms with E-state index in [-0.39, 0.29) is 11.9 Å². The number of carbonyl (C=O) groups is 1. The second kappa shape index (κ2) is 6.86. The van der Waals surface area contributed by atoms with E-state index in [1.807, 2.05) is 12.1 Å². The molecule has 1 saturated heterocycles. The molecule has 4 nitrogen and oxygen atoms in total. The van der Waals surface area contributed by atoms with E-state index in [0.717, 1.165) is 24.9 Å². The summed E-state index contributed by atoms with van der Waals surface area (Å²) in [6.45, 7) is 5.46. The van der Waals surface area contributed by atoms with E-state index in [0.29, 0.717) is 12.5 Å².